The van der Waals surface area contributed by atoms with Crippen molar-refractivity contribution in [2.24, 2.45) is 5.41 Å². The van der Waals surface area contributed by atoms with Gasteiger partial charge in [-0.3, -0.25) is 14.4 Å². The molecule has 0 saturated carbocycles. The Hall–Kier alpha value is -3.15. The van der Waals surface area contributed by atoms with Crippen LogP contribution in [0.2, 0.25) is 0 Å². The lowest BCUT2D eigenvalue weighted by Crippen LogP contribution is -2.45. The first kappa shape index (κ1) is 20.2. The van der Waals surface area contributed by atoms with E-state index in [0.29, 0.717) is 17.9 Å². The predicted octanol–water partition coefficient (Wildman–Crippen LogP) is 3.27. The molecule has 0 aliphatic heterocycles. The molecule has 2 rings (SSSR count). The molecule has 0 spiro atoms. The van der Waals surface area contributed by atoms with E-state index in [2.05, 4.69) is 10.6 Å². The first-order valence-corrected chi connectivity index (χ1v) is 8.69. The van der Waals surface area contributed by atoms with Gasteiger partial charge < -0.3 is 15.5 Å². The van der Waals surface area contributed by atoms with Gasteiger partial charge in [0.15, 0.2) is 0 Å². The van der Waals surface area contributed by atoms with Gasteiger partial charge in [0.1, 0.15) is 5.41 Å². The monoisotopic (exact) mass is 367 g/mol. The number of carbonyl (C=O) groups is 3. The quantitative estimate of drug-likeness (QED) is 0.769. The molecule has 0 bridgehead atoms. The van der Waals surface area contributed by atoms with Crippen molar-refractivity contribution < 1.29 is 14.4 Å². The second-order valence-electron chi connectivity index (χ2n) is 6.99. The molecule has 0 aliphatic rings. The third kappa shape index (κ3) is 5.41. The Kier molecular flexibility index (Phi) is 6.34. The van der Waals surface area contributed by atoms with Crippen LogP contribution in [0.4, 0.5) is 11.4 Å². The average Bonchev–Trinajstić information content (AvgIpc) is 2.61. The topological polar surface area (TPSA) is 78.5 Å². The molecular formula is C21H25N3O3. The average molecular weight is 367 g/mol. The van der Waals surface area contributed by atoms with Crippen molar-refractivity contribution in [3.05, 3.63) is 60.2 Å². The van der Waals surface area contributed by atoms with Crippen molar-refractivity contribution in [2.75, 3.05) is 17.7 Å². The van der Waals surface area contributed by atoms with Crippen molar-refractivity contribution in [3.63, 3.8) is 0 Å². The van der Waals surface area contributed by atoms with Crippen LogP contribution in [0, 0.1) is 5.41 Å². The molecule has 2 aromatic carbocycles. The predicted molar refractivity (Wildman–Crippen MR) is 106 cm³/mol. The molecule has 0 unspecified atom stereocenters. The summed E-state index contributed by atoms with van der Waals surface area (Å²) in [5.74, 6) is -0.884. The Morgan fingerprint density at radius 2 is 1.52 bits per heavy atom. The summed E-state index contributed by atoms with van der Waals surface area (Å²) in [4.78, 5) is 38.3. The molecule has 2 aromatic rings. The van der Waals surface area contributed by atoms with Crippen molar-refractivity contribution >= 4 is 29.1 Å². The normalized spacial score (nSPS) is 10.8. The molecule has 0 fully saturated rings. The van der Waals surface area contributed by atoms with E-state index in [1.807, 2.05) is 30.3 Å². The van der Waals surface area contributed by atoms with Gasteiger partial charge >= 0.3 is 0 Å². The smallest absolute Gasteiger partial charge is 0.239 e. The van der Waals surface area contributed by atoms with E-state index in [9.17, 15) is 14.4 Å². The van der Waals surface area contributed by atoms with Crippen LogP contribution in [-0.4, -0.2) is 29.7 Å². The zero-order valence-corrected chi connectivity index (χ0v) is 16.1. The van der Waals surface area contributed by atoms with Crippen molar-refractivity contribution in [2.45, 2.75) is 27.3 Å². The van der Waals surface area contributed by atoms with Crippen LogP contribution in [0.15, 0.2) is 54.6 Å². The highest BCUT2D eigenvalue weighted by molar-refractivity contribution is 6.10. The minimum Gasteiger partial charge on any atom is -0.341 e. The molecule has 0 saturated heterocycles. The van der Waals surface area contributed by atoms with E-state index in [4.69, 9.17) is 0 Å². The molecule has 6 nitrogen and oxygen atoms in total. The first-order valence-electron chi connectivity index (χ1n) is 8.69. The molecule has 0 atom stereocenters. The third-order valence-corrected chi connectivity index (χ3v) is 4.15. The molecule has 2 N–H and O–H groups in total. The van der Waals surface area contributed by atoms with E-state index >= 15 is 0 Å². The van der Waals surface area contributed by atoms with E-state index < -0.39 is 11.3 Å². The molecule has 142 valence electrons. The standard InChI is InChI=1S/C21H25N3O3/c1-15(25)22-17-11-8-12-18(13-17)23-19(26)21(2,3)20(27)24(4)14-16-9-6-5-7-10-16/h5-13H,14H2,1-4H3,(H,22,25)(H,23,26). The Morgan fingerprint density at radius 3 is 2.11 bits per heavy atom. The summed E-state index contributed by atoms with van der Waals surface area (Å²) in [6.45, 7) is 5.04. The largest absolute Gasteiger partial charge is 0.341 e. The summed E-state index contributed by atoms with van der Waals surface area (Å²) in [7, 11) is 1.68. The lowest BCUT2D eigenvalue weighted by atomic mass is 9.90. The lowest BCUT2D eigenvalue weighted by molar-refractivity contribution is -0.145. The summed E-state index contributed by atoms with van der Waals surface area (Å²) in [6.07, 6.45) is 0. The maximum absolute atomic E-state index is 12.8. The van der Waals surface area contributed by atoms with Crippen LogP contribution < -0.4 is 10.6 Å². The second kappa shape index (κ2) is 8.49. The number of anilines is 2. The molecule has 0 aromatic heterocycles. The van der Waals surface area contributed by atoms with Gasteiger partial charge in [-0.25, -0.2) is 0 Å². The first-order chi connectivity index (χ1) is 12.7. The fourth-order valence-electron chi connectivity index (χ4n) is 2.67. The maximum atomic E-state index is 12.8. The SMILES string of the molecule is CC(=O)Nc1cccc(NC(=O)C(C)(C)C(=O)N(C)Cc2ccccc2)c1. The summed E-state index contributed by atoms with van der Waals surface area (Å²) >= 11 is 0. The van der Waals surface area contributed by atoms with Gasteiger partial charge in [-0.05, 0) is 37.6 Å². The minimum atomic E-state index is -1.24. The van der Waals surface area contributed by atoms with Crippen molar-refractivity contribution in [1.29, 1.82) is 0 Å². The highest BCUT2D eigenvalue weighted by Gasteiger charge is 2.38. The molecule has 27 heavy (non-hydrogen) atoms. The molecule has 6 heteroatoms. The Labute approximate surface area is 159 Å². The zero-order valence-electron chi connectivity index (χ0n) is 16.1. The van der Waals surface area contributed by atoms with Crippen LogP contribution >= 0.6 is 0 Å². The number of hydrogen-bond donors (Lipinski definition) is 2. The number of amides is 3. The van der Waals surface area contributed by atoms with Gasteiger partial charge in [0, 0.05) is 31.9 Å². The summed E-state index contributed by atoms with van der Waals surface area (Å²) in [6, 6.07) is 16.4. The number of nitrogens with one attached hydrogen (secondary N) is 2. The molecule has 0 aliphatic carbocycles. The van der Waals surface area contributed by atoms with E-state index in [1.165, 1.54) is 6.92 Å². The summed E-state index contributed by atoms with van der Waals surface area (Å²) < 4.78 is 0. The number of hydrogen-bond acceptors (Lipinski definition) is 3. The van der Waals surface area contributed by atoms with Crippen molar-refractivity contribution in [3.8, 4) is 0 Å². The Balaban J connectivity index is 2.07. The minimum absolute atomic E-state index is 0.198. The zero-order chi connectivity index (χ0) is 20.0. The van der Waals surface area contributed by atoms with Crippen LogP contribution in [0.3, 0.4) is 0 Å². The molecule has 0 heterocycles. The summed E-state index contributed by atoms with van der Waals surface area (Å²) in [5.41, 5.74) is 0.837. The maximum Gasteiger partial charge on any atom is 0.239 e. The third-order valence-electron chi connectivity index (χ3n) is 4.15. The summed E-state index contributed by atoms with van der Waals surface area (Å²) in [5, 5.41) is 5.42. The van der Waals surface area contributed by atoms with Gasteiger partial charge in [0.25, 0.3) is 0 Å². The Morgan fingerprint density at radius 1 is 0.926 bits per heavy atom. The van der Waals surface area contributed by atoms with Crippen LogP contribution in [0.5, 0.6) is 0 Å². The molecular weight excluding hydrogens is 342 g/mol. The molecule has 3 amide bonds. The number of benzene rings is 2. The highest BCUT2D eigenvalue weighted by Crippen LogP contribution is 2.23. The lowest BCUT2D eigenvalue weighted by Gasteiger charge is -2.28. The van der Waals surface area contributed by atoms with Gasteiger partial charge in [0.05, 0.1) is 0 Å². The fourth-order valence-corrected chi connectivity index (χ4v) is 2.67. The number of rotatable bonds is 6. The van der Waals surface area contributed by atoms with Crippen LogP contribution in [0.1, 0.15) is 26.3 Å². The van der Waals surface area contributed by atoms with E-state index in [-0.39, 0.29) is 11.8 Å². The Bertz CT molecular complexity index is 832. The van der Waals surface area contributed by atoms with Gasteiger partial charge in [0.2, 0.25) is 17.7 Å². The number of carbonyl (C=O) groups excluding carboxylic acids is 3. The van der Waals surface area contributed by atoms with Gasteiger partial charge in [-0.15, -0.1) is 0 Å². The second-order valence-corrected chi connectivity index (χ2v) is 6.99. The van der Waals surface area contributed by atoms with Crippen LogP contribution in [-0.2, 0) is 20.9 Å². The fraction of sp³-hybridized carbons (Fsp3) is 0.286. The highest BCUT2D eigenvalue weighted by atomic mass is 16.2. The van der Waals surface area contributed by atoms with E-state index in [1.54, 1.807) is 50.1 Å². The van der Waals surface area contributed by atoms with Gasteiger partial charge in [-0.1, -0.05) is 36.4 Å². The number of nitrogens with zero attached hydrogens (tertiary/aromatic N) is 1. The molecule has 0 radical (unpaired) electrons. The van der Waals surface area contributed by atoms with Crippen molar-refractivity contribution in [1.82, 2.24) is 4.90 Å². The van der Waals surface area contributed by atoms with Crippen LogP contribution in [0.25, 0.3) is 0 Å². The van der Waals surface area contributed by atoms with E-state index in [0.717, 1.165) is 5.56 Å². The van der Waals surface area contributed by atoms with Gasteiger partial charge in [-0.2, -0.15) is 0 Å².